The zero-order valence-corrected chi connectivity index (χ0v) is 17.3. The van der Waals surface area contributed by atoms with Gasteiger partial charge in [-0.1, -0.05) is 23.7 Å². The van der Waals surface area contributed by atoms with Crippen molar-refractivity contribution in [2.24, 2.45) is 0 Å². The number of rotatable bonds is 7. The van der Waals surface area contributed by atoms with E-state index in [2.05, 4.69) is 10.6 Å². The van der Waals surface area contributed by atoms with Crippen molar-refractivity contribution in [2.45, 2.75) is 38.9 Å². The van der Waals surface area contributed by atoms with E-state index in [9.17, 15) is 9.59 Å². The maximum Gasteiger partial charge on any atom is 0.265 e. The van der Waals surface area contributed by atoms with Gasteiger partial charge in [0.15, 0.2) is 6.10 Å². The summed E-state index contributed by atoms with van der Waals surface area (Å²) in [7, 11) is 0. The molecule has 1 heterocycles. The molecule has 2 aromatic rings. The van der Waals surface area contributed by atoms with E-state index >= 15 is 0 Å². The van der Waals surface area contributed by atoms with E-state index < -0.39 is 6.10 Å². The van der Waals surface area contributed by atoms with Gasteiger partial charge < -0.3 is 20.1 Å². The van der Waals surface area contributed by atoms with Gasteiger partial charge in [-0.15, -0.1) is 0 Å². The van der Waals surface area contributed by atoms with Crippen LogP contribution in [0.2, 0.25) is 5.02 Å². The highest BCUT2D eigenvalue weighted by atomic mass is 35.5. The zero-order valence-electron chi connectivity index (χ0n) is 16.5. The Kier molecular flexibility index (Phi) is 7.12. The minimum atomic E-state index is -0.751. The van der Waals surface area contributed by atoms with Gasteiger partial charge in [-0.05, 0) is 62.6 Å². The fourth-order valence-corrected chi connectivity index (χ4v) is 3.20. The number of amides is 2. The van der Waals surface area contributed by atoms with Crippen molar-refractivity contribution in [3.8, 4) is 5.75 Å². The van der Waals surface area contributed by atoms with E-state index in [1.807, 2.05) is 6.92 Å². The van der Waals surface area contributed by atoms with Crippen molar-refractivity contribution in [2.75, 3.05) is 18.5 Å². The van der Waals surface area contributed by atoms with Crippen LogP contribution in [0.15, 0.2) is 42.5 Å². The molecule has 1 saturated heterocycles. The van der Waals surface area contributed by atoms with Gasteiger partial charge >= 0.3 is 0 Å². The Bertz CT molecular complexity index is 881. The molecule has 1 aliphatic heterocycles. The second kappa shape index (κ2) is 9.76. The molecule has 0 aromatic heterocycles. The minimum absolute atomic E-state index is 0.0527. The molecule has 2 amide bonds. The van der Waals surface area contributed by atoms with Crippen LogP contribution in [0.1, 0.15) is 35.7 Å². The second-order valence-corrected chi connectivity index (χ2v) is 7.46. The number of halogens is 1. The number of carbonyl (C=O) groups excluding carboxylic acids is 2. The van der Waals surface area contributed by atoms with E-state index in [1.165, 1.54) is 0 Å². The fraction of sp³-hybridized carbons (Fsp3) is 0.364. The van der Waals surface area contributed by atoms with Crippen molar-refractivity contribution >= 4 is 29.1 Å². The van der Waals surface area contributed by atoms with E-state index in [4.69, 9.17) is 21.1 Å². The highest BCUT2D eigenvalue weighted by Crippen LogP contribution is 2.22. The predicted octanol–water partition coefficient (Wildman–Crippen LogP) is 3.96. The molecule has 154 valence electrons. The lowest BCUT2D eigenvalue weighted by Gasteiger charge is -2.17. The predicted molar refractivity (Wildman–Crippen MR) is 113 cm³/mol. The first kappa shape index (κ1) is 21.1. The number of benzene rings is 2. The lowest BCUT2D eigenvalue weighted by atomic mass is 10.1. The summed E-state index contributed by atoms with van der Waals surface area (Å²) in [6.07, 6.45) is 1.26. The molecule has 0 radical (unpaired) electrons. The first-order valence-corrected chi connectivity index (χ1v) is 10.0. The molecular weight excluding hydrogens is 392 g/mol. The fourth-order valence-electron chi connectivity index (χ4n) is 3.08. The molecule has 7 heteroatoms. The van der Waals surface area contributed by atoms with Crippen molar-refractivity contribution < 1.29 is 19.1 Å². The van der Waals surface area contributed by atoms with Crippen LogP contribution in [0, 0.1) is 6.92 Å². The summed E-state index contributed by atoms with van der Waals surface area (Å²) in [5, 5.41) is 6.30. The molecule has 0 aliphatic carbocycles. The molecule has 0 saturated carbocycles. The largest absolute Gasteiger partial charge is 0.481 e. The molecule has 1 aliphatic rings. The average Bonchev–Trinajstić information content (AvgIpc) is 3.23. The van der Waals surface area contributed by atoms with E-state index in [-0.39, 0.29) is 17.9 Å². The molecule has 2 aromatic carbocycles. The number of ether oxygens (including phenoxy) is 2. The van der Waals surface area contributed by atoms with Gasteiger partial charge in [0.2, 0.25) is 0 Å². The first-order valence-electron chi connectivity index (χ1n) is 9.66. The smallest absolute Gasteiger partial charge is 0.265 e. The summed E-state index contributed by atoms with van der Waals surface area (Å²) in [5.41, 5.74) is 1.70. The SMILES string of the molecule is Cc1cc(O[C@H](C)C(=O)Nc2ccccc2C(=O)NC[C@H]2CCCO2)ccc1Cl. The average molecular weight is 417 g/mol. The Labute approximate surface area is 175 Å². The number of anilines is 1. The molecule has 2 N–H and O–H groups in total. The number of hydrogen-bond donors (Lipinski definition) is 2. The van der Waals surface area contributed by atoms with Gasteiger partial charge in [-0.2, -0.15) is 0 Å². The topological polar surface area (TPSA) is 76.7 Å². The number of nitrogens with one attached hydrogen (secondary N) is 2. The molecule has 3 rings (SSSR count). The standard InChI is InChI=1S/C22H25ClN2O4/c1-14-12-16(9-10-19(14)23)29-15(2)21(26)25-20-8-4-3-7-18(20)22(27)24-13-17-6-5-11-28-17/h3-4,7-10,12,15,17H,5-6,11,13H2,1-2H3,(H,24,27)(H,25,26)/t15-,17-/m1/s1. The number of carbonyl (C=O) groups is 2. The highest BCUT2D eigenvalue weighted by molar-refractivity contribution is 6.31. The quantitative estimate of drug-likeness (QED) is 0.716. The summed E-state index contributed by atoms with van der Waals surface area (Å²) in [6.45, 7) is 4.71. The number of hydrogen-bond acceptors (Lipinski definition) is 4. The summed E-state index contributed by atoms with van der Waals surface area (Å²) >= 11 is 6.02. The Morgan fingerprint density at radius 2 is 2.07 bits per heavy atom. The van der Waals surface area contributed by atoms with Gasteiger partial charge in [0.25, 0.3) is 11.8 Å². The molecule has 0 bridgehead atoms. The third-order valence-corrected chi connectivity index (χ3v) is 5.18. The summed E-state index contributed by atoms with van der Waals surface area (Å²) in [4.78, 5) is 25.2. The van der Waals surface area contributed by atoms with Gasteiger partial charge in [-0.25, -0.2) is 0 Å². The van der Waals surface area contributed by atoms with Crippen LogP contribution in [-0.4, -0.2) is 37.2 Å². The summed E-state index contributed by atoms with van der Waals surface area (Å²) in [6, 6.07) is 12.1. The van der Waals surface area contributed by atoms with Gasteiger partial charge in [0.05, 0.1) is 17.4 Å². The van der Waals surface area contributed by atoms with E-state index in [0.717, 1.165) is 25.0 Å². The van der Waals surface area contributed by atoms with Crippen LogP contribution in [0.25, 0.3) is 0 Å². The highest BCUT2D eigenvalue weighted by Gasteiger charge is 2.20. The van der Waals surface area contributed by atoms with E-state index in [1.54, 1.807) is 49.4 Å². The molecule has 6 nitrogen and oxygen atoms in total. The van der Waals surface area contributed by atoms with Crippen LogP contribution >= 0.6 is 11.6 Å². The second-order valence-electron chi connectivity index (χ2n) is 7.05. The Balaban J connectivity index is 1.61. The Hall–Kier alpha value is -2.57. The van der Waals surface area contributed by atoms with Crippen LogP contribution in [0.4, 0.5) is 5.69 Å². The summed E-state index contributed by atoms with van der Waals surface area (Å²) < 4.78 is 11.2. The molecule has 1 fully saturated rings. The third kappa shape index (κ3) is 5.71. The molecule has 29 heavy (non-hydrogen) atoms. The molecule has 0 spiro atoms. The van der Waals surface area contributed by atoms with Crippen LogP contribution in [0.5, 0.6) is 5.75 Å². The third-order valence-electron chi connectivity index (χ3n) is 4.76. The molecular formula is C22H25ClN2O4. The number of aryl methyl sites for hydroxylation is 1. The van der Waals surface area contributed by atoms with Crippen LogP contribution in [-0.2, 0) is 9.53 Å². The van der Waals surface area contributed by atoms with Crippen molar-refractivity contribution in [3.63, 3.8) is 0 Å². The van der Waals surface area contributed by atoms with Crippen LogP contribution in [0.3, 0.4) is 0 Å². The normalized spacial score (nSPS) is 16.9. The lowest BCUT2D eigenvalue weighted by Crippen LogP contribution is -2.34. The molecule has 0 unspecified atom stereocenters. The monoisotopic (exact) mass is 416 g/mol. The van der Waals surface area contributed by atoms with Gasteiger partial charge in [-0.3, -0.25) is 9.59 Å². The maximum atomic E-state index is 12.6. The Morgan fingerprint density at radius 3 is 2.79 bits per heavy atom. The lowest BCUT2D eigenvalue weighted by molar-refractivity contribution is -0.122. The molecule has 2 atom stereocenters. The first-order chi connectivity index (χ1) is 13.9. The van der Waals surface area contributed by atoms with Gasteiger partial charge in [0, 0.05) is 18.2 Å². The number of para-hydroxylation sites is 1. The van der Waals surface area contributed by atoms with Gasteiger partial charge in [0.1, 0.15) is 5.75 Å². The maximum absolute atomic E-state index is 12.6. The van der Waals surface area contributed by atoms with Crippen molar-refractivity contribution in [3.05, 3.63) is 58.6 Å². The minimum Gasteiger partial charge on any atom is -0.481 e. The Morgan fingerprint density at radius 1 is 1.28 bits per heavy atom. The van der Waals surface area contributed by atoms with Crippen molar-refractivity contribution in [1.82, 2.24) is 5.32 Å². The van der Waals surface area contributed by atoms with Crippen LogP contribution < -0.4 is 15.4 Å². The van der Waals surface area contributed by atoms with Crippen molar-refractivity contribution in [1.29, 1.82) is 0 Å². The summed E-state index contributed by atoms with van der Waals surface area (Å²) in [5.74, 6) is -0.0487. The zero-order chi connectivity index (χ0) is 20.8. The van der Waals surface area contributed by atoms with E-state index in [0.29, 0.717) is 28.6 Å².